The van der Waals surface area contributed by atoms with Gasteiger partial charge in [0.25, 0.3) is 10.0 Å². The van der Waals surface area contributed by atoms with E-state index in [-0.39, 0.29) is 16.3 Å². The molecule has 2 aromatic carbocycles. The van der Waals surface area contributed by atoms with Crippen LogP contribution in [-0.2, 0) is 10.0 Å². The molecule has 2 aromatic heterocycles. The Labute approximate surface area is 168 Å². The lowest BCUT2D eigenvalue weighted by molar-refractivity contribution is 0.415. The second kappa shape index (κ2) is 7.14. The highest BCUT2D eigenvalue weighted by atomic mass is 32.2. The van der Waals surface area contributed by atoms with Crippen LogP contribution in [-0.4, -0.2) is 35.2 Å². The van der Waals surface area contributed by atoms with Gasteiger partial charge in [-0.2, -0.15) is 0 Å². The lowest BCUT2D eigenvalue weighted by Gasteiger charge is -2.08. The van der Waals surface area contributed by atoms with Crippen molar-refractivity contribution in [1.82, 2.24) is 13.9 Å². The standard InChI is InChI=1S/C21H18N4O3S/c1-14-3-9-17(10-4-14)29(26,27)25-12-11-18-21(25)23-13-19(24-18)20(22)15-5-7-16(28-2)8-6-15/h3-13,22H,1-2H3. The molecule has 0 unspecified atom stereocenters. The van der Waals surface area contributed by atoms with Crippen molar-refractivity contribution in [3.8, 4) is 5.75 Å². The number of ether oxygens (including phenoxy) is 1. The van der Waals surface area contributed by atoms with Crippen LogP contribution >= 0.6 is 0 Å². The van der Waals surface area contributed by atoms with E-state index < -0.39 is 10.0 Å². The molecule has 8 heteroatoms. The van der Waals surface area contributed by atoms with Gasteiger partial charge in [-0.1, -0.05) is 17.7 Å². The number of hydrogen-bond donors (Lipinski definition) is 1. The first-order chi connectivity index (χ1) is 13.9. The SMILES string of the molecule is COc1ccc(C(=N)c2cnc3c(ccn3S(=O)(=O)c3ccc(C)cc3)n2)cc1. The van der Waals surface area contributed by atoms with Gasteiger partial charge in [-0.05, 0) is 49.4 Å². The van der Waals surface area contributed by atoms with Crippen LogP contribution in [0.25, 0.3) is 11.2 Å². The maximum absolute atomic E-state index is 13.0. The zero-order valence-corrected chi connectivity index (χ0v) is 16.6. The summed E-state index contributed by atoms with van der Waals surface area (Å²) in [7, 11) is -2.21. The number of nitrogens with zero attached hydrogens (tertiary/aromatic N) is 3. The molecule has 0 bridgehead atoms. The average Bonchev–Trinajstić information content (AvgIpc) is 3.17. The van der Waals surface area contributed by atoms with Crippen molar-refractivity contribution < 1.29 is 13.2 Å². The molecule has 4 aromatic rings. The van der Waals surface area contributed by atoms with E-state index in [9.17, 15) is 8.42 Å². The number of aromatic nitrogens is 3. The number of benzene rings is 2. The minimum absolute atomic E-state index is 0.178. The van der Waals surface area contributed by atoms with E-state index in [0.29, 0.717) is 22.5 Å². The minimum Gasteiger partial charge on any atom is -0.497 e. The van der Waals surface area contributed by atoms with E-state index >= 15 is 0 Å². The summed E-state index contributed by atoms with van der Waals surface area (Å²) in [6, 6.07) is 15.3. The van der Waals surface area contributed by atoms with Crippen LogP contribution in [0.3, 0.4) is 0 Å². The van der Waals surface area contributed by atoms with Crippen molar-refractivity contribution in [2.45, 2.75) is 11.8 Å². The number of fused-ring (bicyclic) bond motifs is 1. The molecule has 146 valence electrons. The van der Waals surface area contributed by atoms with Gasteiger partial charge in [0.1, 0.15) is 17.0 Å². The molecule has 29 heavy (non-hydrogen) atoms. The highest BCUT2D eigenvalue weighted by Gasteiger charge is 2.20. The molecule has 4 rings (SSSR count). The maximum atomic E-state index is 13.0. The minimum atomic E-state index is -3.79. The summed E-state index contributed by atoms with van der Waals surface area (Å²) in [6.45, 7) is 1.90. The Balaban J connectivity index is 1.72. The fraction of sp³-hybridized carbons (Fsp3) is 0.0952. The monoisotopic (exact) mass is 406 g/mol. The first kappa shape index (κ1) is 18.8. The molecule has 0 aliphatic rings. The number of methoxy groups -OCH3 is 1. The van der Waals surface area contributed by atoms with Crippen LogP contribution in [0.4, 0.5) is 0 Å². The Bertz CT molecular complexity index is 1310. The van der Waals surface area contributed by atoms with Gasteiger partial charge in [0.2, 0.25) is 0 Å². The zero-order chi connectivity index (χ0) is 20.6. The third kappa shape index (κ3) is 3.38. The Morgan fingerprint density at radius 2 is 1.72 bits per heavy atom. The van der Waals surface area contributed by atoms with E-state index in [1.165, 1.54) is 12.4 Å². The number of nitrogens with one attached hydrogen (secondary N) is 1. The Hall–Kier alpha value is -3.52. The van der Waals surface area contributed by atoms with Gasteiger partial charge in [-0.15, -0.1) is 0 Å². The number of aryl methyl sites for hydroxylation is 1. The lowest BCUT2D eigenvalue weighted by Crippen LogP contribution is -2.13. The van der Waals surface area contributed by atoms with Gasteiger partial charge in [-0.3, -0.25) is 5.41 Å². The predicted molar refractivity (Wildman–Crippen MR) is 110 cm³/mol. The predicted octanol–water partition coefficient (Wildman–Crippen LogP) is 3.40. The van der Waals surface area contributed by atoms with Gasteiger partial charge in [0, 0.05) is 11.8 Å². The lowest BCUT2D eigenvalue weighted by atomic mass is 10.1. The normalized spacial score (nSPS) is 11.5. The number of rotatable bonds is 5. The van der Waals surface area contributed by atoms with Crippen LogP contribution in [0.2, 0.25) is 0 Å². The van der Waals surface area contributed by atoms with Gasteiger partial charge in [-0.25, -0.2) is 22.4 Å². The van der Waals surface area contributed by atoms with Crippen molar-refractivity contribution in [3.63, 3.8) is 0 Å². The maximum Gasteiger partial charge on any atom is 0.269 e. The quantitative estimate of drug-likeness (QED) is 0.512. The second-order valence-electron chi connectivity index (χ2n) is 6.50. The van der Waals surface area contributed by atoms with Gasteiger partial charge < -0.3 is 4.74 Å². The zero-order valence-electron chi connectivity index (χ0n) is 15.8. The Morgan fingerprint density at radius 1 is 1.03 bits per heavy atom. The molecule has 1 N–H and O–H groups in total. The molecule has 0 aliphatic carbocycles. The van der Waals surface area contributed by atoms with Crippen LogP contribution in [0.15, 0.2) is 71.9 Å². The first-order valence-corrected chi connectivity index (χ1v) is 10.2. The fourth-order valence-corrected chi connectivity index (χ4v) is 4.23. The van der Waals surface area contributed by atoms with Crippen molar-refractivity contribution in [3.05, 3.63) is 83.8 Å². The third-order valence-electron chi connectivity index (χ3n) is 4.57. The molecule has 0 aliphatic heterocycles. The van der Waals surface area contributed by atoms with Crippen molar-refractivity contribution in [1.29, 1.82) is 5.41 Å². The molecule has 0 atom stereocenters. The largest absolute Gasteiger partial charge is 0.497 e. The smallest absolute Gasteiger partial charge is 0.269 e. The molecule has 0 amide bonds. The molecular weight excluding hydrogens is 388 g/mol. The van der Waals surface area contributed by atoms with Gasteiger partial charge in [0.05, 0.1) is 23.9 Å². The first-order valence-electron chi connectivity index (χ1n) is 8.80. The third-order valence-corrected chi connectivity index (χ3v) is 6.25. The van der Waals surface area contributed by atoms with E-state index in [2.05, 4.69) is 9.97 Å². The van der Waals surface area contributed by atoms with Crippen LogP contribution < -0.4 is 4.74 Å². The molecule has 0 radical (unpaired) electrons. The summed E-state index contributed by atoms with van der Waals surface area (Å²) >= 11 is 0. The van der Waals surface area contributed by atoms with Crippen LogP contribution in [0.5, 0.6) is 5.75 Å². The van der Waals surface area contributed by atoms with E-state index in [4.69, 9.17) is 10.1 Å². The van der Waals surface area contributed by atoms with E-state index in [1.54, 1.807) is 61.7 Å². The van der Waals surface area contributed by atoms with E-state index in [1.807, 2.05) is 6.92 Å². The highest BCUT2D eigenvalue weighted by molar-refractivity contribution is 7.90. The molecule has 0 saturated heterocycles. The van der Waals surface area contributed by atoms with Crippen LogP contribution in [0.1, 0.15) is 16.8 Å². The van der Waals surface area contributed by atoms with Crippen molar-refractivity contribution in [2.24, 2.45) is 0 Å². The van der Waals surface area contributed by atoms with Gasteiger partial charge >= 0.3 is 0 Å². The van der Waals surface area contributed by atoms with Crippen molar-refractivity contribution >= 4 is 26.9 Å². The summed E-state index contributed by atoms with van der Waals surface area (Å²) in [5.74, 6) is 0.696. The summed E-state index contributed by atoms with van der Waals surface area (Å²) < 4.78 is 32.2. The topological polar surface area (TPSA) is 97.9 Å². The number of hydrogen-bond acceptors (Lipinski definition) is 6. The fourth-order valence-electron chi connectivity index (χ4n) is 2.93. The average molecular weight is 406 g/mol. The summed E-state index contributed by atoms with van der Waals surface area (Å²) in [5, 5.41) is 8.39. The van der Waals surface area contributed by atoms with E-state index in [0.717, 1.165) is 9.54 Å². The Kier molecular flexibility index (Phi) is 4.63. The van der Waals surface area contributed by atoms with Crippen LogP contribution in [0, 0.1) is 12.3 Å². The summed E-state index contributed by atoms with van der Waals surface area (Å²) in [5.41, 5.74) is 2.80. The highest BCUT2D eigenvalue weighted by Crippen LogP contribution is 2.21. The molecule has 0 spiro atoms. The van der Waals surface area contributed by atoms with Gasteiger partial charge in [0.15, 0.2) is 5.65 Å². The van der Waals surface area contributed by atoms with Crippen molar-refractivity contribution in [2.75, 3.05) is 7.11 Å². The summed E-state index contributed by atoms with van der Waals surface area (Å²) in [6.07, 6.45) is 2.84. The Morgan fingerprint density at radius 3 is 2.38 bits per heavy atom. The molecule has 2 heterocycles. The second-order valence-corrected chi connectivity index (χ2v) is 8.31. The molecule has 7 nitrogen and oxygen atoms in total. The summed E-state index contributed by atoms with van der Waals surface area (Å²) in [4.78, 5) is 8.90. The molecular formula is C21H18N4O3S. The molecule has 0 fully saturated rings. The molecule has 0 saturated carbocycles.